The molecule has 1 aromatic carbocycles. The van der Waals surface area contributed by atoms with Crippen LogP contribution in [0.3, 0.4) is 0 Å². The van der Waals surface area contributed by atoms with Crippen molar-refractivity contribution in [1.29, 1.82) is 10.7 Å². The van der Waals surface area contributed by atoms with Crippen LogP contribution in [0.5, 0.6) is 0 Å². The molecule has 10 nitrogen and oxygen atoms in total. The Kier molecular flexibility index (Phi) is 5.55. The van der Waals surface area contributed by atoms with E-state index in [-0.39, 0.29) is 23.1 Å². The van der Waals surface area contributed by atoms with Gasteiger partial charge in [0.2, 0.25) is 5.91 Å². The molecule has 1 aliphatic heterocycles. The molecule has 32 heavy (non-hydrogen) atoms. The summed E-state index contributed by atoms with van der Waals surface area (Å²) in [4.78, 5) is 38.6. The Balaban J connectivity index is 1.55. The van der Waals surface area contributed by atoms with Crippen molar-refractivity contribution in [3.05, 3.63) is 53.5 Å². The van der Waals surface area contributed by atoms with Gasteiger partial charge in [-0.05, 0) is 13.0 Å². The van der Waals surface area contributed by atoms with E-state index in [9.17, 15) is 9.59 Å². The monoisotopic (exact) mass is 430 g/mol. The second-order valence-electron chi connectivity index (χ2n) is 7.59. The molecular weight excluding hydrogens is 408 g/mol. The Morgan fingerprint density at radius 2 is 2.06 bits per heavy atom. The van der Waals surface area contributed by atoms with Crippen molar-refractivity contribution < 1.29 is 9.59 Å². The standard InChI is InChI=1S/C22H22N8O2/c1-12(22(32)30-10-13(7-23)11-30)28-21(31)15-8-26-20-19(15)29-17(9-27-20)18(24)14-5-3-4-6-16(14)25-2/h3-6,8-9,12-13,24-25H,10-11H2,1-2H3,(H,26,27)(H,28,31)/t12-/m1/s1. The fourth-order valence-electron chi connectivity index (χ4n) is 3.59. The molecule has 3 aromatic rings. The summed E-state index contributed by atoms with van der Waals surface area (Å²) in [5.41, 5.74) is 2.90. The molecule has 0 radical (unpaired) electrons. The van der Waals surface area contributed by atoms with E-state index in [1.54, 1.807) is 18.9 Å². The van der Waals surface area contributed by atoms with Crippen LogP contribution in [0, 0.1) is 22.7 Å². The van der Waals surface area contributed by atoms with E-state index >= 15 is 0 Å². The number of aromatic nitrogens is 3. The minimum atomic E-state index is -0.746. The zero-order chi connectivity index (χ0) is 22.8. The van der Waals surface area contributed by atoms with Crippen molar-refractivity contribution in [3.8, 4) is 6.07 Å². The lowest BCUT2D eigenvalue weighted by atomic mass is 10.0. The maximum absolute atomic E-state index is 12.9. The number of hydrogen-bond acceptors (Lipinski definition) is 7. The molecule has 4 rings (SSSR count). The highest BCUT2D eigenvalue weighted by atomic mass is 16.2. The number of benzene rings is 1. The third-order valence-corrected chi connectivity index (χ3v) is 5.44. The summed E-state index contributed by atoms with van der Waals surface area (Å²) in [7, 11) is 1.78. The maximum Gasteiger partial charge on any atom is 0.255 e. The maximum atomic E-state index is 12.9. The van der Waals surface area contributed by atoms with E-state index in [4.69, 9.17) is 10.7 Å². The van der Waals surface area contributed by atoms with Crippen LogP contribution < -0.4 is 10.6 Å². The highest BCUT2D eigenvalue weighted by molar-refractivity contribution is 6.14. The number of carbonyl (C=O) groups is 2. The number of carbonyl (C=O) groups excluding carboxylic acids is 2. The minimum Gasteiger partial charge on any atom is -0.388 e. The van der Waals surface area contributed by atoms with E-state index in [0.717, 1.165) is 5.69 Å². The predicted octanol–water partition coefficient (Wildman–Crippen LogP) is 1.52. The number of H-pyrrole nitrogens is 1. The molecule has 10 heteroatoms. The predicted molar refractivity (Wildman–Crippen MR) is 118 cm³/mol. The van der Waals surface area contributed by atoms with Gasteiger partial charge in [0.25, 0.3) is 5.91 Å². The number of hydrogen-bond donors (Lipinski definition) is 4. The number of para-hydroxylation sites is 1. The lowest BCUT2D eigenvalue weighted by Gasteiger charge is -2.37. The van der Waals surface area contributed by atoms with Gasteiger partial charge in [0, 0.05) is 37.6 Å². The molecular formula is C22H22N8O2. The Labute approximate surface area is 184 Å². The van der Waals surface area contributed by atoms with Gasteiger partial charge < -0.3 is 20.5 Å². The van der Waals surface area contributed by atoms with Gasteiger partial charge in [-0.25, -0.2) is 9.97 Å². The topological polar surface area (TPSA) is 151 Å². The van der Waals surface area contributed by atoms with Crippen molar-refractivity contribution in [2.24, 2.45) is 5.92 Å². The summed E-state index contributed by atoms with van der Waals surface area (Å²) in [5.74, 6) is -0.850. The van der Waals surface area contributed by atoms with E-state index in [1.807, 2.05) is 24.3 Å². The highest BCUT2D eigenvalue weighted by Gasteiger charge is 2.33. The first-order valence-corrected chi connectivity index (χ1v) is 10.1. The molecule has 0 bridgehead atoms. The number of anilines is 1. The number of amides is 2. The quantitative estimate of drug-likeness (QED) is 0.435. The minimum absolute atomic E-state index is 0.146. The molecule has 3 heterocycles. The lowest BCUT2D eigenvalue weighted by Crippen LogP contribution is -2.55. The number of likely N-dealkylation sites (tertiary alicyclic amines) is 1. The number of nitrogens with zero attached hydrogens (tertiary/aromatic N) is 4. The third kappa shape index (κ3) is 3.76. The Morgan fingerprint density at radius 1 is 1.31 bits per heavy atom. The third-order valence-electron chi connectivity index (χ3n) is 5.44. The van der Waals surface area contributed by atoms with Gasteiger partial charge >= 0.3 is 0 Å². The number of nitrogens with one attached hydrogen (secondary N) is 4. The van der Waals surface area contributed by atoms with Crippen LogP contribution in [0.1, 0.15) is 28.5 Å². The van der Waals surface area contributed by atoms with E-state index in [0.29, 0.717) is 35.5 Å². The van der Waals surface area contributed by atoms with Crippen LogP contribution >= 0.6 is 0 Å². The second kappa shape index (κ2) is 8.47. The van der Waals surface area contributed by atoms with Gasteiger partial charge in [0.05, 0.1) is 29.5 Å². The smallest absolute Gasteiger partial charge is 0.255 e. The number of nitriles is 1. The number of fused-ring (bicyclic) bond motifs is 1. The van der Waals surface area contributed by atoms with Crippen LogP contribution in [-0.4, -0.2) is 63.6 Å². The van der Waals surface area contributed by atoms with Gasteiger partial charge in [-0.15, -0.1) is 0 Å². The van der Waals surface area contributed by atoms with Gasteiger partial charge in [0.15, 0.2) is 5.65 Å². The summed E-state index contributed by atoms with van der Waals surface area (Å²) in [6.45, 7) is 2.37. The molecule has 1 aliphatic rings. The van der Waals surface area contributed by atoms with Crippen LogP contribution in [0.2, 0.25) is 0 Å². The van der Waals surface area contributed by atoms with E-state index in [1.165, 1.54) is 12.4 Å². The van der Waals surface area contributed by atoms with Crippen LogP contribution in [-0.2, 0) is 4.79 Å². The molecule has 0 aliphatic carbocycles. The first kappa shape index (κ1) is 21.0. The molecule has 1 saturated heterocycles. The zero-order valence-corrected chi connectivity index (χ0v) is 17.6. The zero-order valence-electron chi connectivity index (χ0n) is 17.6. The summed E-state index contributed by atoms with van der Waals surface area (Å²) in [5, 5.41) is 23.2. The molecule has 1 fully saturated rings. The average Bonchev–Trinajstić information content (AvgIpc) is 3.21. The molecule has 0 spiro atoms. The first-order chi connectivity index (χ1) is 15.4. The Bertz CT molecular complexity index is 1250. The molecule has 2 aromatic heterocycles. The molecule has 4 N–H and O–H groups in total. The van der Waals surface area contributed by atoms with E-state index in [2.05, 4.69) is 31.7 Å². The van der Waals surface area contributed by atoms with Crippen molar-refractivity contribution in [2.45, 2.75) is 13.0 Å². The second-order valence-corrected chi connectivity index (χ2v) is 7.59. The fourth-order valence-corrected chi connectivity index (χ4v) is 3.59. The lowest BCUT2D eigenvalue weighted by molar-refractivity contribution is -0.137. The van der Waals surface area contributed by atoms with E-state index < -0.39 is 11.9 Å². The summed E-state index contributed by atoms with van der Waals surface area (Å²) in [6, 6.07) is 8.75. The van der Waals surface area contributed by atoms with Gasteiger partial charge in [0.1, 0.15) is 17.3 Å². The van der Waals surface area contributed by atoms with Crippen LogP contribution in [0.4, 0.5) is 5.69 Å². The van der Waals surface area contributed by atoms with Gasteiger partial charge in [-0.3, -0.25) is 15.0 Å². The molecule has 0 saturated carbocycles. The van der Waals surface area contributed by atoms with Crippen molar-refractivity contribution in [2.75, 3.05) is 25.5 Å². The first-order valence-electron chi connectivity index (χ1n) is 10.1. The van der Waals surface area contributed by atoms with Crippen molar-refractivity contribution in [1.82, 2.24) is 25.2 Å². The summed E-state index contributed by atoms with van der Waals surface area (Å²) in [6.07, 6.45) is 2.97. The van der Waals surface area contributed by atoms with Crippen LogP contribution in [0.25, 0.3) is 11.2 Å². The van der Waals surface area contributed by atoms with Crippen molar-refractivity contribution >= 4 is 34.4 Å². The molecule has 1 atom stereocenters. The highest BCUT2D eigenvalue weighted by Crippen LogP contribution is 2.21. The molecule has 2 amide bonds. The van der Waals surface area contributed by atoms with Gasteiger partial charge in [-0.1, -0.05) is 18.2 Å². The summed E-state index contributed by atoms with van der Waals surface area (Å²) >= 11 is 0. The normalized spacial score (nSPS) is 14.3. The number of rotatable bonds is 6. The largest absolute Gasteiger partial charge is 0.388 e. The Morgan fingerprint density at radius 3 is 2.78 bits per heavy atom. The average molecular weight is 430 g/mol. The number of aromatic amines is 1. The molecule has 162 valence electrons. The molecule has 0 unspecified atom stereocenters. The SMILES string of the molecule is CNc1ccccc1C(=N)c1cnc2[nH]cc(C(=O)N[C@H](C)C(=O)N3CC(C#N)C3)c2n1. The van der Waals surface area contributed by atoms with Gasteiger partial charge in [-0.2, -0.15) is 5.26 Å². The van der Waals surface area contributed by atoms with Crippen LogP contribution in [0.15, 0.2) is 36.7 Å². The van der Waals surface area contributed by atoms with Crippen molar-refractivity contribution in [3.63, 3.8) is 0 Å². The fraction of sp³-hybridized carbons (Fsp3) is 0.273. The Hall–Kier alpha value is -4.26. The summed E-state index contributed by atoms with van der Waals surface area (Å²) < 4.78 is 0.